The van der Waals surface area contributed by atoms with Crippen molar-refractivity contribution in [3.8, 4) is 0 Å². The Morgan fingerprint density at radius 2 is 2.08 bits per heavy atom. The molecule has 1 aliphatic heterocycles. The maximum Gasteiger partial charge on any atom is 0.140 e. The van der Waals surface area contributed by atoms with Crippen molar-refractivity contribution in [2.75, 3.05) is 13.1 Å². The van der Waals surface area contributed by atoms with Gasteiger partial charge in [-0.25, -0.2) is 0 Å². The molecular formula is C22H31NO3. The third kappa shape index (κ3) is 1.33. The van der Waals surface area contributed by atoms with Crippen molar-refractivity contribution in [1.82, 2.24) is 4.90 Å². The van der Waals surface area contributed by atoms with Gasteiger partial charge in [0.25, 0.3) is 0 Å². The molecule has 10 atom stereocenters. The lowest BCUT2D eigenvalue weighted by atomic mass is 9.43. The summed E-state index contributed by atoms with van der Waals surface area (Å²) in [6.45, 7) is 10.9. The lowest BCUT2D eigenvalue weighted by Gasteiger charge is -2.65. The topological polar surface area (TPSA) is 60.8 Å². The van der Waals surface area contributed by atoms with Gasteiger partial charge in [0.2, 0.25) is 0 Å². The fraction of sp³-hybridized carbons (Fsp3) is 0.864. The van der Waals surface area contributed by atoms with Crippen molar-refractivity contribution in [3.05, 3.63) is 12.2 Å². The fourth-order valence-corrected chi connectivity index (χ4v) is 9.75. The van der Waals surface area contributed by atoms with E-state index >= 15 is 0 Å². The van der Waals surface area contributed by atoms with Gasteiger partial charge in [0.05, 0.1) is 12.2 Å². The number of fused-ring (bicyclic) bond motifs is 1. The van der Waals surface area contributed by atoms with Crippen molar-refractivity contribution < 1.29 is 15.0 Å². The molecule has 7 bridgehead atoms. The fourth-order valence-electron chi connectivity index (χ4n) is 9.75. The molecule has 2 spiro atoms. The number of hydrogen-bond donors (Lipinski definition) is 2. The van der Waals surface area contributed by atoms with E-state index in [1.807, 2.05) is 0 Å². The van der Waals surface area contributed by atoms with Gasteiger partial charge in [0.15, 0.2) is 0 Å². The zero-order valence-electron chi connectivity index (χ0n) is 15.9. The van der Waals surface area contributed by atoms with Gasteiger partial charge in [-0.3, -0.25) is 9.69 Å². The van der Waals surface area contributed by atoms with E-state index in [0.717, 1.165) is 44.3 Å². The first-order chi connectivity index (χ1) is 12.3. The molecule has 26 heavy (non-hydrogen) atoms. The van der Waals surface area contributed by atoms with E-state index in [4.69, 9.17) is 0 Å². The Bertz CT molecular complexity index is 735. The van der Waals surface area contributed by atoms with E-state index < -0.39 is 6.10 Å². The van der Waals surface area contributed by atoms with Crippen LogP contribution in [0.2, 0.25) is 0 Å². The van der Waals surface area contributed by atoms with Gasteiger partial charge < -0.3 is 10.2 Å². The van der Waals surface area contributed by atoms with Crippen LogP contribution in [-0.2, 0) is 4.79 Å². The van der Waals surface area contributed by atoms with Crippen molar-refractivity contribution >= 4 is 5.78 Å². The van der Waals surface area contributed by atoms with Gasteiger partial charge in [0.1, 0.15) is 5.78 Å². The molecule has 0 radical (unpaired) electrons. The molecule has 5 aliphatic carbocycles. The van der Waals surface area contributed by atoms with Gasteiger partial charge in [0, 0.05) is 35.8 Å². The third-order valence-corrected chi connectivity index (χ3v) is 10.4. The number of Topliss-reactive ketones (excluding diaryl/α,β-unsaturated/α-hetero) is 1. The summed E-state index contributed by atoms with van der Waals surface area (Å²) in [5.41, 5.74) is 0.598. The van der Waals surface area contributed by atoms with E-state index in [2.05, 4.69) is 25.3 Å². The van der Waals surface area contributed by atoms with Crippen LogP contribution in [0.15, 0.2) is 12.2 Å². The van der Waals surface area contributed by atoms with Crippen molar-refractivity contribution in [2.45, 2.75) is 64.2 Å². The number of aliphatic hydroxyl groups excluding tert-OH is 2. The largest absolute Gasteiger partial charge is 0.392 e. The normalized spacial score (nSPS) is 62.7. The number of nitrogens with zero attached hydrogens (tertiary/aromatic N) is 1. The first-order valence-electron chi connectivity index (χ1n) is 10.6. The quantitative estimate of drug-likeness (QED) is 0.705. The Morgan fingerprint density at radius 3 is 2.81 bits per heavy atom. The van der Waals surface area contributed by atoms with E-state index in [1.54, 1.807) is 0 Å². The highest BCUT2D eigenvalue weighted by Crippen LogP contribution is 2.83. The van der Waals surface area contributed by atoms with E-state index in [1.165, 1.54) is 0 Å². The monoisotopic (exact) mass is 357 g/mol. The molecule has 4 nitrogen and oxygen atoms in total. The van der Waals surface area contributed by atoms with Crippen molar-refractivity contribution in [3.63, 3.8) is 0 Å². The molecule has 0 amide bonds. The molecule has 2 N–H and O–H groups in total. The summed E-state index contributed by atoms with van der Waals surface area (Å²) in [5, 5.41) is 22.8. The number of hydrogen-bond acceptors (Lipinski definition) is 4. The van der Waals surface area contributed by atoms with Crippen molar-refractivity contribution in [2.24, 2.45) is 39.9 Å². The van der Waals surface area contributed by atoms with Crippen LogP contribution in [0.5, 0.6) is 0 Å². The number of ketones is 1. The minimum atomic E-state index is -0.561. The molecule has 0 aromatic rings. The minimum absolute atomic E-state index is 0.130. The number of piperidine rings is 1. The van der Waals surface area contributed by atoms with Crippen molar-refractivity contribution in [1.29, 1.82) is 0 Å². The third-order valence-electron chi connectivity index (χ3n) is 10.4. The number of aliphatic hydroxyl groups is 2. The molecule has 0 aromatic heterocycles. The van der Waals surface area contributed by atoms with Crippen LogP contribution in [0.25, 0.3) is 0 Å². The number of likely N-dealkylation sites (tertiary alicyclic amines) is 1. The molecule has 6 rings (SSSR count). The van der Waals surface area contributed by atoms with Crippen LogP contribution < -0.4 is 0 Å². The first kappa shape index (κ1) is 16.3. The van der Waals surface area contributed by atoms with Crippen LogP contribution in [0.3, 0.4) is 0 Å². The Morgan fingerprint density at radius 1 is 1.31 bits per heavy atom. The molecule has 0 unspecified atom stereocenters. The SMILES string of the molecule is C=C1[C@H]2C[C@@]3([C@@H]1O)[C@H]1C[C@H]4[C@@]5(C)CC[C@@H](O)[C@@]4([C@H]1N(CC)C5)[C@H]3CC2=O. The van der Waals surface area contributed by atoms with E-state index in [-0.39, 0.29) is 40.0 Å². The van der Waals surface area contributed by atoms with E-state index in [0.29, 0.717) is 24.3 Å². The maximum absolute atomic E-state index is 13.0. The average Bonchev–Trinajstić information content (AvgIpc) is 3.14. The Kier molecular flexibility index (Phi) is 2.80. The maximum atomic E-state index is 13.0. The number of rotatable bonds is 1. The Labute approximate surface area is 155 Å². The van der Waals surface area contributed by atoms with Crippen LogP contribution in [-0.4, -0.2) is 52.2 Å². The highest BCUT2D eigenvalue weighted by atomic mass is 16.3. The van der Waals surface area contributed by atoms with Crippen LogP contribution >= 0.6 is 0 Å². The molecule has 1 saturated heterocycles. The predicted molar refractivity (Wildman–Crippen MR) is 97.2 cm³/mol. The zero-order valence-corrected chi connectivity index (χ0v) is 15.9. The highest BCUT2D eigenvalue weighted by molar-refractivity contribution is 5.87. The summed E-state index contributed by atoms with van der Waals surface area (Å²) in [7, 11) is 0. The second-order valence-corrected chi connectivity index (χ2v) is 10.7. The number of carbonyl (C=O) groups is 1. The second-order valence-electron chi connectivity index (χ2n) is 10.7. The van der Waals surface area contributed by atoms with Crippen LogP contribution in [0.4, 0.5) is 0 Å². The van der Waals surface area contributed by atoms with Crippen LogP contribution in [0.1, 0.15) is 46.0 Å². The standard InChI is InChI=1S/C22H31NO3/c1-4-23-10-20(3)6-5-17(25)22-15(20)7-13(18(22)23)21-9-12(11(2)19(21)26)14(24)8-16(21)22/h12-13,15-19,25-26H,2,4-10H2,1,3H3/t12-,13+,15+,16+,17-,18+,19-,20+,21-,22+/m1/s1. The summed E-state index contributed by atoms with van der Waals surface area (Å²) in [5.74, 6) is 1.16. The molecular weight excluding hydrogens is 326 g/mol. The highest BCUT2D eigenvalue weighted by Gasteiger charge is 2.85. The zero-order chi connectivity index (χ0) is 18.2. The van der Waals surface area contributed by atoms with Gasteiger partial charge in [-0.2, -0.15) is 0 Å². The van der Waals surface area contributed by atoms with Crippen LogP contribution in [0, 0.1) is 39.9 Å². The Hall–Kier alpha value is -0.710. The Balaban J connectivity index is 1.62. The van der Waals surface area contributed by atoms with Gasteiger partial charge >= 0.3 is 0 Å². The molecule has 1 heterocycles. The predicted octanol–water partition coefficient (Wildman–Crippen LogP) is 2.00. The van der Waals surface area contributed by atoms with Gasteiger partial charge in [-0.1, -0.05) is 20.4 Å². The second kappa shape index (κ2) is 4.47. The molecule has 142 valence electrons. The molecule has 4 heteroatoms. The first-order valence-corrected chi connectivity index (χ1v) is 10.6. The smallest absolute Gasteiger partial charge is 0.140 e. The summed E-state index contributed by atoms with van der Waals surface area (Å²) in [4.78, 5) is 15.6. The molecule has 6 aliphatic rings. The summed E-state index contributed by atoms with van der Waals surface area (Å²) >= 11 is 0. The summed E-state index contributed by atoms with van der Waals surface area (Å²) in [6.07, 6.45) is 3.50. The summed E-state index contributed by atoms with van der Waals surface area (Å²) in [6, 6.07) is 0.331. The lowest BCUT2D eigenvalue weighted by Crippen LogP contribution is -2.68. The summed E-state index contributed by atoms with van der Waals surface area (Å²) < 4.78 is 0. The minimum Gasteiger partial charge on any atom is -0.392 e. The average molecular weight is 357 g/mol. The molecule has 6 fully saturated rings. The molecule has 5 saturated carbocycles. The van der Waals surface area contributed by atoms with E-state index in [9.17, 15) is 15.0 Å². The number of carbonyl (C=O) groups excluding carboxylic acids is 1. The lowest BCUT2D eigenvalue weighted by molar-refractivity contribution is -0.211. The molecule has 0 aromatic carbocycles. The van der Waals surface area contributed by atoms with Gasteiger partial charge in [-0.15, -0.1) is 0 Å². The van der Waals surface area contributed by atoms with Gasteiger partial charge in [-0.05, 0) is 61.0 Å².